The molecule has 1 heterocycles. The summed E-state index contributed by atoms with van der Waals surface area (Å²) in [7, 11) is 0. The van der Waals surface area contributed by atoms with Crippen molar-refractivity contribution in [2.45, 2.75) is 33.5 Å². The highest BCUT2D eigenvalue weighted by atomic mass is 35.5. The van der Waals surface area contributed by atoms with Crippen LogP contribution in [0.5, 0.6) is 0 Å². The Morgan fingerprint density at radius 2 is 1.53 bits per heavy atom. The van der Waals surface area contributed by atoms with Gasteiger partial charge in [0.05, 0.1) is 19.1 Å². The van der Waals surface area contributed by atoms with Crippen molar-refractivity contribution >= 4 is 11.6 Å². The fraction of sp³-hybridized carbons (Fsp3) is 0.571. The van der Waals surface area contributed by atoms with Crippen LogP contribution in [0.1, 0.15) is 27.8 Å². The van der Waals surface area contributed by atoms with Gasteiger partial charge in [-0.3, -0.25) is 0 Å². The molecule has 94 valence electrons. The summed E-state index contributed by atoms with van der Waals surface area (Å²) in [5, 5.41) is 0. The van der Waals surface area contributed by atoms with Crippen LogP contribution in [0.4, 0.5) is 0 Å². The third-order valence-corrected chi connectivity index (χ3v) is 4.03. The number of alkyl halides is 1. The molecule has 0 aromatic heterocycles. The molecule has 0 atom stereocenters. The SMILES string of the molecule is Cc1cc(C)c(C)c(C2(CCl)OCCO2)c1C. The van der Waals surface area contributed by atoms with E-state index < -0.39 is 5.79 Å². The van der Waals surface area contributed by atoms with Crippen LogP contribution < -0.4 is 0 Å². The zero-order valence-corrected chi connectivity index (χ0v) is 11.6. The van der Waals surface area contributed by atoms with Gasteiger partial charge in [0.2, 0.25) is 5.79 Å². The van der Waals surface area contributed by atoms with E-state index in [4.69, 9.17) is 21.1 Å². The van der Waals surface area contributed by atoms with Crippen molar-refractivity contribution in [3.63, 3.8) is 0 Å². The molecule has 1 aromatic carbocycles. The van der Waals surface area contributed by atoms with E-state index in [9.17, 15) is 0 Å². The number of benzene rings is 1. The quantitative estimate of drug-likeness (QED) is 0.754. The molecule has 3 heteroatoms. The first-order valence-corrected chi connectivity index (χ1v) is 6.47. The normalized spacial score (nSPS) is 18.6. The van der Waals surface area contributed by atoms with Gasteiger partial charge in [0.15, 0.2) is 0 Å². The smallest absolute Gasteiger partial charge is 0.209 e. The summed E-state index contributed by atoms with van der Waals surface area (Å²) in [5.41, 5.74) is 6.06. The van der Waals surface area contributed by atoms with Crippen LogP contribution in [0.3, 0.4) is 0 Å². The molecule has 1 aromatic rings. The first-order chi connectivity index (χ1) is 8.02. The number of hydrogen-bond donors (Lipinski definition) is 0. The van der Waals surface area contributed by atoms with E-state index in [-0.39, 0.29) is 0 Å². The summed E-state index contributed by atoms with van der Waals surface area (Å²) in [6, 6.07) is 2.20. The lowest BCUT2D eigenvalue weighted by molar-refractivity contribution is -0.147. The Bertz CT molecular complexity index is 408. The molecule has 2 nitrogen and oxygen atoms in total. The Morgan fingerprint density at radius 3 is 1.94 bits per heavy atom. The van der Waals surface area contributed by atoms with E-state index in [2.05, 4.69) is 33.8 Å². The Balaban J connectivity index is 2.65. The van der Waals surface area contributed by atoms with E-state index in [1.165, 1.54) is 22.3 Å². The monoisotopic (exact) mass is 254 g/mol. The zero-order valence-electron chi connectivity index (χ0n) is 10.9. The minimum atomic E-state index is -0.744. The summed E-state index contributed by atoms with van der Waals surface area (Å²) in [4.78, 5) is 0. The molecule has 0 aliphatic carbocycles. The topological polar surface area (TPSA) is 18.5 Å². The van der Waals surface area contributed by atoms with Gasteiger partial charge in [-0.1, -0.05) is 6.07 Å². The average Bonchev–Trinajstić information content (AvgIpc) is 2.77. The van der Waals surface area contributed by atoms with E-state index in [1.54, 1.807) is 0 Å². The van der Waals surface area contributed by atoms with Crippen molar-refractivity contribution < 1.29 is 9.47 Å². The highest BCUT2D eigenvalue weighted by molar-refractivity contribution is 6.18. The van der Waals surface area contributed by atoms with Crippen LogP contribution in [0.2, 0.25) is 0 Å². The lowest BCUT2D eigenvalue weighted by atomic mass is 9.89. The number of ether oxygens (including phenoxy) is 2. The van der Waals surface area contributed by atoms with Gasteiger partial charge < -0.3 is 9.47 Å². The first-order valence-electron chi connectivity index (χ1n) is 5.93. The summed E-state index contributed by atoms with van der Waals surface area (Å²) in [6.07, 6.45) is 0. The Labute approximate surface area is 108 Å². The molecule has 0 bridgehead atoms. The Hall–Kier alpha value is -0.570. The molecule has 0 saturated carbocycles. The van der Waals surface area contributed by atoms with Crippen molar-refractivity contribution in [1.29, 1.82) is 0 Å². The van der Waals surface area contributed by atoms with E-state index in [0.29, 0.717) is 19.1 Å². The van der Waals surface area contributed by atoms with Gasteiger partial charge in [-0.25, -0.2) is 0 Å². The van der Waals surface area contributed by atoms with Gasteiger partial charge in [-0.2, -0.15) is 0 Å². The van der Waals surface area contributed by atoms with Crippen molar-refractivity contribution in [1.82, 2.24) is 0 Å². The third-order valence-electron chi connectivity index (χ3n) is 3.68. The highest BCUT2D eigenvalue weighted by Crippen LogP contribution is 2.38. The van der Waals surface area contributed by atoms with Crippen LogP contribution >= 0.6 is 11.6 Å². The number of aryl methyl sites for hydroxylation is 2. The minimum Gasteiger partial charge on any atom is -0.342 e. The molecule has 0 N–H and O–H groups in total. The second kappa shape index (κ2) is 4.60. The lowest BCUT2D eigenvalue weighted by Crippen LogP contribution is -2.31. The number of hydrogen-bond acceptors (Lipinski definition) is 2. The van der Waals surface area contributed by atoms with Crippen LogP contribution in [0.15, 0.2) is 6.07 Å². The fourth-order valence-electron chi connectivity index (χ4n) is 2.53. The average molecular weight is 255 g/mol. The van der Waals surface area contributed by atoms with Gasteiger partial charge in [-0.15, -0.1) is 11.6 Å². The van der Waals surface area contributed by atoms with E-state index >= 15 is 0 Å². The number of rotatable bonds is 2. The molecule has 1 saturated heterocycles. The van der Waals surface area contributed by atoms with Crippen molar-refractivity contribution in [3.05, 3.63) is 33.9 Å². The molecular formula is C14H19ClO2. The molecular weight excluding hydrogens is 236 g/mol. The Kier molecular flexibility index (Phi) is 3.48. The molecule has 17 heavy (non-hydrogen) atoms. The van der Waals surface area contributed by atoms with Gasteiger partial charge in [0, 0.05) is 5.56 Å². The molecule has 0 unspecified atom stereocenters. The van der Waals surface area contributed by atoms with Gasteiger partial charge in [0.25, 0.3) is 0 Å². The Morgan fingerprint density at radius 1 is 1.06 bits per heavy atom. The van der Waals surface area contributed by atoms with E-state index in [1.807, 2.05) is 0 Å². The second-order valence-corrected chi connectivity index (χ2v) is 4.99. The van der Waals surface area contributed by atoms with Crippen LogP contribution in [0.25, 0.3) is 0 Å². The standard InChI is InChI=1S/C14H19ClO2/c1-9-7-10(2)12(4)13(11(9)3)14(8-15)16-5-6-17-14/h7H,5-6,8H2,1-4H3. The predicted octanol–water partition coefficient (Wildman–Crippen LogP) is 3.36. The van der Waals surface area contributed by atoms with Gasteiger partial charge in [0.1, 0.15) is 0 Å². The highest BCUT2D eigenvalue weighted by Gasteiger charge is 2.40. The lowest BCUT2D eigenvalue weighted by Gasteiger charge is -2.30. The molecule has 0 amide bonds. The van der Waals surface area contributed by atoms with E-state index in [0.717, 1.165) is 5.56 Å². The maximum Gasteiger partial charge on any atom is 0.209 e. The largest absolute Gasteiger partial charge is 0.342 e. The molecule has 0 radical (unpaired) electrons. The van der Waals surface area contributed by atoms with Crippen LogP contribution in [-0.4, -0.2) is 19.1 Å². The van der Waals surface area contributed by atoms with Gasteiger partial charge in [-0.05, 0) is 49.9 Å². The molecule has 0 spiro atoms. The molecule has 1 aliphatic rings. The maximum atomic E-state index is 6.10. The fourth-order valence-corrected chi connectivity index (χ4v) is 2.82. The van der Waals surface area contributed by atoms with Crippen molar-refractivity contribution in [2.75, 3.05) is 19.1 Å². The third kappa shape index (κ3) is 1.99. The number of halogens is 1. The van der Waals surface area contributed by atoms with Crippen molar-refractivity contribution in [3.8, 4) is 0 Å². The predicted molar refractivity (Wildman–Crippen MR) is 69.7 cm³/mol. The summed E-state index contributed by atoms with van der Waals surface area (Å²) in [6.45, 7) is 9.66. The van der Waals surface area contributed by atoms with Crippen LogP contribution in [-0.2, 0) is 15.3 Å². The minimum absolute atomic E-state index is 0.331. The maximum absolute atomic E-state index is 6.10. The first kappa shape index (κ1) is 12.9. The molecule has 1 aliphatic heterocycles. The van der Waals surface area contributed by atoms with Crippen molar-refractivity contribution in [2.24, 2.45) is 0 Å². The molecule has 1 fully saturated rings. The summed E-state index contributed by atoms with van der Waals surface area (Å²) in [5.74, 6) is -0.413. The van der Waals surface area contributed by atoms with Gasteiger partial charge >= 0.3 is 0 Å². The van der Waals surface area contributed by atoms with Crippen LogP contribution in [0, 0.1) is 27.7 Å². The second-order valence-electron chi connectivity index (χ2n) is 4.72. The molecule has 2 rings (SSSR count). The zero-order chi connectivity index (χ0) is 12.6. The summed E-state index contributed by atoms with van der Waals surface area (Å²) >= 11 is 6.10. The summed E-state index contributed by atoms with van der Waals surface area (Å²) < 4.78 is 11.6.